The van der Waals surface area contributed by atoms with Gasteiger partial charge in [0.25, 0.3) is 0 Å². The first kappa shape index (κ1) is 15.8. The molecule has 0 bridgehead atoms. The molecule has 1 aliphatic heterocycles. The fraction of sp³-hybridized carbons (Fsp3) is 0.938. The molecule has 3 N–H and O–H groups in total. The molecular weight excluding hydrogens is 250 g/mol. The van der Waals surface area contributed by atoms with Gasteiger partial charge in [0.1, 0.15) is 0 Å². The van der Waals surface area contributed by atoms with Crippen LogP contribution in [0.25, 0.3) is 0 Å². The average molecular weight is 281 g/mol. The summed E-state index contributed by atoms with van der Waals surface area (Å²) in [6.45, 7) is 5.26. The van der Waals surface area contributed by atoms with Crippen LogP contribution in [-0.4, -0.2) is 42.5 Å². The van der Waals surface area contributed by atoms with Gasteiger partial charge in [-0.25, -0.2) is 0 Å². The van der Waals surface area contributed by atoms with E-state index < -0.39 is 0 Å². The van der Waals surface area contributed by atoms with Crippen molar-refractivity contribution in [2.75, 3.05) is 19.6 Å². The fourth-order valence-corrected chi connectivity index (χ4v) is 3.27. The summed E-state index contributed by atoms with van der Waals surface area (Å²) in [7, 11) is 0. The van der Waals surface area contributed by atoms with E-state index in [2.05, 4.69) is 17.1 Å². The number of nitrogens with zero attached hydrogens (tertiary/aromatic N) is 1. The SMILES string of the molecule is CCC(CCN)CCC(=O)NC1CCN(C2CC2)CC1. The third-order valence-electron chi connectivity index (χ3n) is 4.89. The minimum atomic E-state index is 0.241. The predicted molar refractivity (Wildman–Crippen MR) is 82.4 cm³/mol. The van der Waals surface area contributed by atoms with Crippen molar-refractivity contribution in [2.45, 2.75) is 70.4 Å². The Hall–Kier alpha value is -0.610. The summed E-state index contributed by atoms with van der Waals surface area (Å²) in [4.78, 5) is 14.6. The Kier molecular flexibility index (Phi) is 6.30. The normalized spacial score (nSPS) is 22.7. The molecule has 2 aliphatic rings. The molecule has 116 valence electrons. The summed E-state index contributed by atoms with van der Waals surface area (Å²) in [5.74, 6) is 0.854. The summed E-state index contributed by atoms with van der Waals surface area (Å²) < 4.78 is 0. The molecule has 2 rings (SSSR count). The number of hydrogen-bond donors (Lipinski definition) is 2. The number of carbonyl (C=O) groups excluding carboxylic acids is 1. The first-order valence-electron chi connectivity index (χ1n) is 8.46. The van der Waals surface area contributed by atoms with Gasteiger partial charge in [0.15, 0.2) is 0 Å². The van der Waals surface area contributed by atoms with E-state index in [1.165, 1.54) is 25.9 Å². The second-order valence-electron chi connectivity index (χ2n) is 6.50. The number of piperidine rings is 1. The highest BCUT2D eigenvalue weighted by atomic mass is 16.1. The van der Waals surface area contributed by atoms with Crippen LogP contribution in [-0.2, 0) is 4.79 Å². The highest BCUT2D eigenvalue weighted by molar-refractivity contribution is 5.76. The Bertz CT molecular complexity index is 296. The largest absolute Gasteiger partial charge is 0.353 e. The van der Waals surface area contributed by atoms with E-state index >= 15 is 0 Å². The van der Waals surface area contributed by atoms with Crippen LogP contribution in [0.5, 0.6) is 0 Å². The van der Waals surface area contributed by atoms with Gasteiger partial charge in [-0.1, -0.05) is 13.3 Å². The van der Waals surface area contributed by atoms with Crippen molar-refractivity contribution in [3.05, 3.63) is 0 Å². The van der Waals surface area contributed by atoms with Crippen LogP contribution in [0.1, 0.15) is 58.3 Å². The molecule has 1 aliphatic carbocycles. The maximum absolute atomic E-state index is 12.0. The maximum Gasteiger partial charge on any atom is 0.220 e. The minimum absolute atomic E-state index is 0.241. The molecule has 0 spiro atoms. The molecule has 0 aromatic rings. The molecule has 4 heteroatoms. The van der Waals surface area contributed by atoms with Crippen LogP contribution in [0.3, 0.4) is 0 Å². The van der Waals surface area contributed by atoms with Crippen LogP contribution in [0, 0.1) is 5.92 Å². The molecule has 4 nitrogen and oxygen atoms in total. The number of amides is 1. The summed E-state index contributed by atoms with van der Waals surface area (Å²) in [6, 6.07) is 1.28. The van der Waals surface area contributed by atoms with Crippen LogP contribution >= 0.6 is 0 Å². The van der Waals surface area contributed by atoms with Crippen LogP contribution in [0.2, 0.25) is 0 Å². The summed E-state index contributed by atoms with van der Waals surface area (Å²) >= 11 is 0. The van der Waals surface area contributed by atoms with Gasteiger partial charge in [-0.2, -0.15) is 0 Å². The molecule has 1 unspecified atom stereocenters. The Labute approximate surface area is 123 Å². The highest BCUT2D eigenvalue weighted by Gasteiger charge is 2.32. The zero-order chi connectivity index (χ0) is 14.4. The van der Waals surface area contributed by atoms with Gasteiger partial charge >= 0.3 is 0 Å². The second kappa shape index (κ2) is 7.99. The van der Waals surface area contributed by atoms with E-state index in [1.54, 1.807) is 0 Å². The van der Waals surface area contributed by atoms with Gasteiger partial charge in [-0.3, -0.25) is 4.79 Å². The minimum Gasteiger partial charge on any atom is -0.353 e. The first-order valence-corrected chi connectivity index (χ1v) is 8.46. The van der Waals surface area contributed by atoms with Gasteiger partial charge < -0.3 is 16.0 Å². The van der Waals surface area contributed by atoms with Crippen molar-refractivity contribution in [3.63, 3.8) is 0 Å². The van der Waals surface area contributed by atoms with Crippen LogP contribution in [0.15, 0.2) is 0 Å². The molecule has 20 heavy (non-hydrogen) atoms. The molecule has 1 saturated heterocycles. The van der Waals surface area contributed by atoms with Gasteiger partial charge in [0, 0.05) is 31.6 Å². The fourth-order valence-electron chi connectivity index (χ4n) is 3.27. The van der Waals surface area contributed by atoms with Crippen molar-refractivity contribution in [3.8, 4) is 0 Å². The van der Waals surface area contributed by atoms with E-state index in [4.69, 9.17) is 5.73 Å². The number of nitrogens with one attached hydrogen (secondary N) is 1. The maximum atomic E-state index is 12.0. The highest BCUT2D eigenvalue weighted by Crippen LogP contribution is 2.29. The number of hydrogen-bond acceptors (Lipinski definition) is 3. The Balaban J connectivity index is 1.59. The number of likely N-dealkylation sites (tertiary alicyclic amines) is 1. The third kappa shape index (κ3) is 5.06. The van der Waals surface area contributed by atoms with Crippen LogP contribution < -0.4 is 11.1 Å². The lowest BCUT2D eigenvalue weighted by molar-refractivity contribution is -0.122. The van der Waals surface area contributed by atoms with E-state index in [9.17, 15) is 4.79 Å². The summed E-state index contributed by atoms with van der Waals surface area (Å²) in [5, 5.41) is 3.22. The molecule has 2 fully saturated rings. The van der Waals surface area contributed by atoms with E-state index in [0.717, 1.165) is 44.7 Å². The molecule has 1 saturated carbocycles. The van der Waals surface area contributed by atoms with Gasteiger partial charge in [-0.15, -0.1) is 0 Å². The lowest BCUT2D eigenvalue weighted by Gasteiger charge is -2.32. The molecule has 1 amide bonds. The first-order chi connectivity index (χ1) is 9.72. The Morgan fingerprint density at radius 2 is 1.95 bits per heavy atom. The van der Waals surface area contributed by atoms with E-state index in [-0.39, 0.29) is 5.91 Å². The number of nitrogens with two attached hydrogens (primary N) is 1. The van der Waals surface area contributed by atoms with Crippen molar-refractivity contribution >= 4 is 5.91 Å². The van der Waals surface area contributed by atoms with Crippen molar-refractivity contribution in [2.24, 2.45) is 11.7 Å². The number of rotatable bonds is 8. The Morgan fingerprint density at radius 1 is 1.25 bits per heavy atom. The van der Waals surface area contributed by atoms with E-state index in [0.29, 0.717) is 18.4 Å². The molecule has 0 aromatic heterocycles. The topological polar surface area (TPSA) is 58.4 Å². The van der Waals surface area contributed by atoms with Crippen LogP contribution in [0.4, 0.5) is 0 Å². The number of carbonyl (C=O) groups is 1. The zero-order valence-corrected chi connectivity index (χ0v) is 12.9. The lowest BCUT2D eigenvalue weighted by Crippen LogP contribution is -2.45. The summed E-state index contributed by atoms with van der Waals surface area (Å²) in [5.41, 5.74) is 5.60. The van der Waals surface area contributed by atoms with Gasteiger partial charge in [-0.05, 0) is 51.0 Å². The molecule has 0 radical (unpaired) electrons. The Morgan fingerprint density at radius 3 is 2.50 bits per heavy atom. The predicted octanol–water partition coefficient (Wildman–Crippen LogP) is 1.88. The molecule has 1 atom stereocenters. The quantitative estimate of drug-likeness (QED) is 0.714. The van der Waals surface area contributed by atoms with Crippen molar-refractivity contribution in [1.82, 2.24) is 10.2 Å². The van der Waals surface area contributed by atoms with Crippen molar-refractivity contribution in [1.29, 1.82) is 0 Å². The third-order valence-corrected chi connectivity index (χ3v) is 4.89. The summed E-state index contributed by atoms with van der Waals surface area (Å²) in [6.07, 6.45) is 8.85. The van der Waals surface area contributed by atoms with Gasteiger partial charge in [0.2, 0.25) is 5.91 Å². The molecular formula is C16H31N3O. The molecule has 1 heterocycles. The molecule has 0 aromatic carbocycles. The lowest BCUT2D eigenvalue weighted by atomic mass is 9.96. The standard InChI is InChI=1S/C16H31N3O/c1-2-13(7-10-17)3-6-16(20)18-14-8-11-19(12-9-14)15-4-5-15/h13-15H,2-12,17H2,1H3,(H,18,20). The average Bonchev–Trinajstić information content (AvgIpc) is 3.29. The monoisotopic (exact) mass is 281 g/mol. The second-order valence-corrected chi connectivity index (χ2v) is 6.50. The zero-order valence-electron chi connectivity index (χ0n) is 12.9. The smallest absolute Gasteiger partial charge is 0.220 e. The van der Waals surface area contributed by atoms with Gasteiger partial charge in [0.05, 0.1) is 0 Å². The van der Waals surface area contributed by atoms with Crippen molar-refractivity contribution < 1.29 is 4.79 Å². The van der Waals surface area contributed by atoms with E-state index in [1.807, 2.05) is 0 Å².